The Morgan fingerprint density at radius 2 is 2.18 bits per heavy atom. The summed E-state index contributed by atoms with van der Waals surface area (Å²) in [7, 11) is 0. The quantitative estimate of drug-likeness (QED) is 0.693. The molecule has 17 heavy (non-hydrogen) atoms. The third-order valence-electron chi connectivity index (χ3n) is 2.45. The van der Waals surface area contributed by atoms with E-state index in [9.17, 15) is 9.59 Å². The van der Waals surface area contributed by atoms with E-state index in [1.54, 1.807) is 12.3 Å². The minimum atomic E-state index is -0.484. The predicted octanol–water partition coefficient (Wildman–Crippen LogP) is 1.96. The lowest BCUT2D eigenvalue weighted by molar-refractivity contribution is -0.129. The zero-order valence-corrected chi connectivity index (χ0v) is 10.4. The van der Waals surface area contributed by atoms with Crippen LogP contribution in [0.5, 0.6) is 0 Å². The largest absolute Gasteiger partial charge is 0.453 e. The van der Waals surface area contributed by atoms with Crippen molar-refractivity contribution in [3.63, 3.8) is 0 Å². The van der Waals surface area contributed by atoms with E-state index in [4.69, 9.17) is 4.74 Å². The highest BCUT2D eigenvalue weighted by Gasteiger charge is 2.10. The van der Waals surface area contributed by atoms with Gasteiger partial charge in [-0.2, -0.15) is 0 Å². The van der Waals surface area contributed by atoms with E-state index in [1.807, 2.05) is 18.2 Å². The van der Waals surface area contributed by atoms with Gasteiger partial charge in [0, 0.05) is 29.1 Å². The third kappa shape index (κ3) is 2.55. The third-order valence-corrected chi connectivity index (χ3v) is 2.99. The van der Waals surface area contributed by atoms with Crippen molar-refractivity contribution in [1.29, 1.82) is 0 Å². The van der Waals surface area contributed by atoms with Gasteiger partial charge in [0.1, 0.15) is 0 Å². The lowest BCUT2D eigenvalue weighted by Gasteiger charge is -2.07. The van der Waals surface area contributed by atoms with Crippen LogP contribution in [0.15, 0.2) is 35.3 Å². The standard InChI is InChI=1S/C12H10BrNO3/c13-11(17-7-15)5-8-6-14-10-4-2-1-3-9(10)12(8)16/h1-4,6-7,11H,5H2,(H,14,16). The number of carbonyl (C=O) groups is 1. The lowest BCUT2D eigenvalue weighted by atomic mass is 10.1. The second kappa shape index (κ2) is 5.14. The number of rotatable bonds is 4. The molecule has 1 heterocycles. The maximum Gasteiger partial charge on any atom is 0.294 e. The topological polar surface area (TPSA) is 59.2 Å². The molecule has 1 unspecified atom stereocenters. The Kier molecular flexibility index (Phi) is 3.58. The molecule has 4 nitrogen and oxygen atoms in total. The lowest BCUT2D eigenvalue weighted by Crippen LogP contribution is -2.16. The first-order valence-electron chi connectivity index (χ1n) is 5.05. The molecule has 0 saturated heterocycles. The van der Waals surface area contributed by atoms with Crippen molar-refractivity contribution in [3.8, 4) is 0 Å². The van der Waals surface area contributed by atoms with Crippen molar-refractivity contribution in [2.45, 2.75) is 11.4 Å². The van der Waals surface area contributed by atoms with E-state index in [0.717, 1.165) is 5.52 Å². The predicted molar refractivity (Wildman–Crippen MR) is 68.1 cm³/mol. The average Bonchev–Trinajstić information content (AvgIpc) is 2.33. The number of hydrogen-bond acceptors (Lipinski definition) is 3. The Labute approximate surface area is 106 Å². The van der Waals surface area contributed by atoms with Crippen molar-refractivity contribution in [3.05, 3.63) is 46.2 Å². The maximum absolute atomic E-state index is 12.1. The number of nitrogens with one attached hydrogen (secondary N) is 1. The molecule has 0 amide bonds. The second-order valence-corrected chi connectivity index (χ2v) is 4.56. The summed E-state index contributed by atoms with van der Waals surface area (Å²) in [4.78, 5) is 25.3. The Bertz CT molecular complexity index is 594. The number of alkyl halides is 1. The number of aromatic amines is 1. The molecular formula is C12H10BrNO3. The van der Waals surface area contributed by atoms with Crippen LogP contribution in [0.1, 0.15) is 5.56 Å². The molecule has 0 bridgehead atoms. The molecule has 1 N–H and O–H groups in total. The molecule has 1 aromatic carbocycles. The minimum absolute atomic E-state index is 0.0432. The van der Waals surface area contributed by atoms with Gasteiger partial charge in [0.15, 0.2) is 10.4 Å². The van der Waals surface area contributed by atoms with E-state index in [0.29, 0.717) is 23.8 Å². The summed E-state index contributed by atoms with van der Waals surface area (Å²) in [6.07, 6.45) is 1.98. The van der Waals surface area contributed by atoms with Crippen LogP contribution in [0.25, 0.3) is 10.9 Å². The van der Waals surface area contributed by atoms with Gasteiger partial charge in [0.25, 0.3) is 6.47 Å². The fourth-order valence-corrected chi connectivity index (χ4v) is 2.08. The van der Waals surface area contributed by atoms with Crippen molar-refractivity contribution in [2.24, 2.45) is 0 Å². The molecule has 0 aliphatic rings. The minimum Gasteiger partial charge on any atom is -0.453 e. The van der Waals surface area contributed by atoms with E-state index in [1.165, 1.54) is 0 Å². The number of benzene rings is 1. The fourth-order valence-electron chi connectivity index (χ4n) is 1.64. The second-order valence-electron chi connectivity index (χ2n) is 3.54. The first-order valence-corrected chi connectivity index (χ1v) is 5.96. The number of para-hydroxylation sites is 1. The summed E-state index contributed by atoms with van der Waals surface area (Å²) in [5, 5.41) is 0.151. The SMILES string of the molecule is O=COC(Br)Cc1c[nH]c2ccccc2c1=O. The van der Waals surface area contributed by atoms with Crippen molar-refractivity contribution >= 4 is 33.3 Å². The van der Waals surface area contributed by atoms with Crippen LogP contribution in [0.3, 0.4) is 0 Å². The Balaban J connectivity index is 2.39. The molecule has 0 radical (unpaired) electrons. The van der Waals surface area contributed by atoms with Crippen LogP contribution < -0.4 is 5.43 Å². The number of H-pyrrole nitrogens is 1. The molecule has 0 saturated carbocycles. The molecule has 0 spiro atoms. The smallest absolute Gasteiger partial charge is 0.294 e. The molecular weight excluding hydrogens is 286 g/mol. The van der Waals surface area contributed by atoms with Crippen LogP contribution in [0.2, 0.25) is 0 Å². The zero-order valence-electron chi connectivity index (χ0n) is 8.85. The van der Waals surface area contributed by atoms with Crippen LogP contribution >= 0.6 is 15.9 Å². The summed E-state index contributed by atoms with van der Waals surface area (Å²) in [6.45, 7) is 0.356. The molecule has 2 aromatic rings. The number of carbonyl (C=O) groups excluding carboxylic acids is 1. The number of pyridine rings is 1. The summed E-state index contributed by atoms with van der Waals surface area (Å²) in [5.41, 5.74) is 1.33. The highest BCUT2D eigenvalue weighted by atomic mass is 79.9. The van der Waals surface area contributed by atoms with Gasteiger partial charge in [-0.3, -0.25) is 9.59 Å². The molecule has 0 aliphatic carbocycles. The first-order chi connectivity index (χ1) is 8.22. The normalized spacial score (nSPS) is 12.3. The van der Waals surface area contributed by atoms with Crippen molar-refractivity contribution in [2.75, 3.05) is 0 Å². The molecule has 1 atom stereocenters. The number of hydrogen-bond donors (Lipinski definition) is 1. The molecule has 2 rings (SSSR count). The van der Waals surface area contributed by atoms with Gasteiger partial charge in [-0.25, -0.2) is 0 Å². The maximum atomic E-state index is 12.1. The van der Waals surface area contributed by atoms with Crippen LogP contribution in [-0.4, -0.2) is 16.5 Å². The van der Waals surface area contributed by atoms with Crippen molar-refractivity contribution in [1.82, 2.24) is 4.98 Å². The van der Waals surface area contributed by atoms with Gasteiger partial charge in [-0.1, -0.05) is 12.1 Å². The highest BCUT2D eigenvalue weighted by Crippen LogP contribution is 2.11. The van der Waals surface area contributed by atoms with E-state index in [2.05, 4.69) is 20.9 Å². The van der Waals surface area contributed by atoms with Gasteiger partial charge in [0.2, 0.25) is 0 Å². The monoisotopic (exact) mass is 295 g/mol. The highest BCUT2D eigenvalue weighted by molar-refractivity contribution is 9.09. The van der Waals surface area contributed by atoms with Gasteiger partial charge in [-0.15, -0.1) is 0 Å². The van der Waals surface area contributed by atoms with Crippen LogP contribution in [0, 0.1) is 0 Å². The number of aromatic nitrogens is 1. The number of fused-ring (bicyclic) bond motifs is 1. The molecule has 0 aliphatic heterocycles. The van der Waals surface area contributed by atoms with Gasteiger partial charge in [0.05, 0.1) is 0 Å². The summed E-state index contributed by atoms with van der Waals surface area (Å²) < 4.78 is 4.70. The number of halogens is 1. The Morgan fingerprint density at radius 1 is 1.41 bits per heavy atom. The van der Waals surface area contributed by atoms with Gasteiger partial charge < -0.3 is 9.72 Å². The van der Waals surface area contributed by atoms with Gasteiger partial charge in [-0.05, 0) is 28.1 Å². The zero-order chi connectivity index (χ0) is 12.3. The van der Waals surface area contributed by atoms with Crippen LogP contribution in [0.4, 0.5) is 0 Å². The number of ether oxygens (including phenoxy) is 1. The van der Waals surface area contributed by atoms with Crippen molar-refractivity contribution < 1.29 is 9.53 Å². The Hall–Kier alpha value is -1.62. The summed E-state index contributed by atoms with van der Waals surface area (Å²) >= 11 is 3.17. The Morgan fingerprint density at radius 3 is 2.94 bits per heavy atom. The first kappa shape index (κ1) is 11.9. The van der Waals surface area contributed by atoms with E-state index >= 15 is 0 Å². The summed E-state index contributed by atoms with van der Waals surface area (Å²) in [6, 6.07) is 7.28. The summed E-state index contributed by atoms with van der Waals surface area (Å²) in [5.74, 6) is 0. The molecule has 5 heteroatoms. The van der Waals surface area contributed by atoms with Gasteiger partial charge >= 0.3 is 0 Å². The van der Waals surface area contributed by atoms with Crippen LogP contribution in [-0.2, 0) is 16.0 Å². The molecule has 0 fully saturated rings. The molecule has 88 valence electrons. The molecule has 1 aromatic heterocycles. The fraction of sp³-hybridized carbons (Fsp3) is 0.167. The van der Waals surface area contributed by atoms with E-state index < -0.39 is 5.01 Å². The van der Waals surface area contributed by atoms with E-state index in [-0.39, 0.29) is 5.43 Å². The average molecular weight is 296 g/mol.